The zero-order chi connectivity index (χ0) is 16.5. The van der Waals surface area contributed by atoms with Gasteiger partial charge < -0.3 is 4.74 Å². The van der Waals surface area contributed by atoms with E-state index in [-0.39, 0.29) is 0 Å². The van der Waals surface area contributed by atoms with Crippen LogP contribution in [0.3, 0.4) is 0 Å². The molecule has 130 valence electrons. The molecule has 24 heavy (non-hydrogen) atoms. The molecule has 5 nitrogen and oxygen atoms in total. The average molecular weight is 347 g/mol. The molecule has 0 radical (unpaired) electrons. The molecule has 6 heteroatoms. The number of rotatable bonds is 7. The SMILES string of the molecule is CCn1ncc2c1[C@H](COCC1CC1)N(Cc1scnc1C)CC2. The van der Waals surface area contributed by atoms with Gasteiger partial charge in [0.15, 0.2) is 0 Å². The van der Waals surface area contributed by atoms with Gasteiger partial charge in [-0.2, -0.15) is 5.10 Å². The van der Waals surface area contributed by atoms with Crippen LogP contribution in [-0.2, 0) is 24.2 Å². The molecule has 0 unspecified atom stereocenters. The molecule has 3 heterocycles. The van der Waals surface area contributed by atoms with Crippen molar-refractivity contribution in [1.29, 1.82) is 0 Å². The van der Waals surface area contributed by atoms with Gasteiger partial charge in [-0.05, 0) is 44.6 Å². The van der Waals surface area contributed by atoms with E-state index >= 15 is 0 Å². The van der Waals surface area contributed by atoms with Crippen LogP contribution in [-0.4, -0.2) is 39.4 Å². The molecule has 0 amide bonds. The highest BCUT2D eigenvalue weighted by Crippen LogP contribution is 2.34. The third kappa shape index (κ3) is 3.27. The second-order valence-corrected chi connectivity index (χ2v) is 7.89. The highest BCUT2D eigenvalue weighted by Gasteiger charge is 2.32. The van der Waals surface area contributed by atoms with E-state index in [1.54, 1.807) is 11.3 Å². The highest BCUT2D eigenvalue weighted by molar-refractivity contribution is 7.09. The van der Waals surface area contributed by atoms with Gasteiger partial charge in [-0.1, -0.05) is 0 Å². The summed E-state index contributed by atoms with van der Waals surface area (Å²) in [6.07, 6.45) is 5.81. The minimum Gasteiger partial charge on any atom is -0.379 e. The predicted octanol–water partition coefficient (Wildman–Crippen LogP) is 3.19. The van der Waals surface area contributed by atoms with Crippen molar-refractivity contribution in [2.75, 3.05) is 19.8 Å². The first-order chi connectivity index (χ1) is 11.8. The van der Waals surface area contributed by atoms with Crippen molar-refractivity contribution in [2.24, 2.45) is 5.92 Å². The highest BCUT2D eigenvalue weighted by atomic mass is 32.1. The summed E-state index contributed by atoms with van der Waals surface area (Å²) in [6.45, 7) is 8.91. The monoisotopic (exact) mass is 346 g/mol. The van der Waals surface area contributed by atoms with Crippen LogP contribution < -0.4 is 0 Å². The average Bonchev–Trinajstić information content (AvgIpc) is 3.18. The second-order valence-electron chi connectivity index (χ2n) is 6.95. The molecule has 4 rings (SSSR count). The molecule has 1 atom stereocenters. The maximum atomic E-state index is 6.11. The number of ether oxygens (including phenoxy) is 1. The van der Waals surface area contributed by atoms with E-state index < -0.39 is 0 Å². The van der Waals surface area contributed by atoms with Crippen LogP contribution in [0.4, 0.5) is 0 Å². The number of aromatic nitrogens is 3. The fourth-order valence-corrected chi connectivity index (χ4v) is 4.33. The Morgan fingerprint density at radius 2 is 2.21 bits per heavy atom. The first-order valence-electron chi connectivity index (χ1n) is 9.01. The summed E-state index contributed by atoms with van der Waals surface area (Å²) in [4.78, 5) is 8.34. The lowest BCUT2D eigenvalue weighted by atomic mass is 10.00. The summed E-state index contributed by atoms with van der Waals surface area (Å²) in [5, 5.41) is 4.60. The number of hydrogen-bond acceptors (Lipinski definition) is 5. The largest absolute Gasteiger partial charge is 0.379 e. The van der Waals surface area contributed by atoms with Crippen molar-refractivity contribution < 1.29 is 4.74 Å². The Morgan fingerprint density at radius 3 is 2.92 bits per heavy atom. The molecular weight excluding hydrogens is 320 g/mol. The lowest BCUT2D eigenvalue weighted by Gasteiger charge is -2.36. The lowest BCUT2D eigenvalue weighted by Crippen LogP contribution is -2.38. The molecule has 1 aliphatic carbocycles. The third-order valence-electron chi connectivity index (χ3n) is 5.20. The fourth-order valence-electron chi connectivity index (χ4n) is 3.52. The van der Waals surface area contributed by atoms with E-state index in [1.807, 2.05) is 5.51 Å². The normalized spacial score (nSPS) is 21.2. The fraction of sp³-hybridized carbons (Fsp3) is 0.667. The molecular formula is C18H26N4OS. The van der Waals surface area contributed by atoms with E-state index in [0.29, 0.717) is 6.04 Å². The maximum Gasteiger partial charge on any atom is 0.0798 e. The Bertz CT molecular complexity index is 678. The van der Waals surface area contributed by atoms with Crippen LogP contribution >= 0.6 is 11.3 Å². The second kappa shape index (κ2) is 6.94. The standard InChI is InChI=1S/C18H26N4OS/c1-3-22-18-15(8-20-22)6-7-21(9-17-13(2)19-12-24-17)16(18)11-23-10-14-4-5-14/h8,12,14,16H,3-7,9-11H2,1-2H3/t16-/m0/s1. The molecule has 1 saturated carbocycles. The van der Waals surface area contributed by atoms with Crippen molar-refractivity contribution >= 4 is 11.3 Å². The summed E-state index contributed by atoms with van der Waals surface area (Å²) >= 11 is 1.76. The molecule has 2 aromatic rings. The van der Waals surface area contributed by atoms with Crippen LogP contribution in [0, 0.1) is 12.8 Å². The van der Waals surface area contributed by atoms with Crippen LogP contribution in [0.1, 0.15) is 47.6 Å². The predicted molar refractivity (Wildman–Crippen MR) is 95.2 cm³/mol. The molecule has 0 saturated heterocycles. The zero-order valence-corrected chi connectivity index (χ0v) is 15.4. The van der Waals surface area contributed by atoms with Gasteiger partial charge in [-0.25, -0.2) is 4.98 Å². The van der Waals surface area contributed by atoms with Gasteiger partial charge in [0.05, 0.1) is 35.7 Å². The van der Waals surface area contributed by atoms with Gasteiger partial charge in [0.25, 0.3) is 0 Å². The number of hydrogen-bond donors (Lipinski definition) is 0. The topological polar surface area (TPSA) is 43.2 Å². The Balaban J connectivity index is 1.55. The summed E-state index contributed by atoms with van der Waals surface area (Å²) in [5.41, 5.74) is 5.87. The van der Waals surface area contributed by atoms with Gasteiger partial charge in [0.2, 0.25) is 0 Å². The van der Waals surface area contributed by atoms with Crippen molar-refractivity contribution in [3.8, 4) is 0 Å². The Hall–Kier alpha value is -1.24. The first kappa shape index (κ1) is 16.2. The molecule has 0 bridgehead atoms. The van der Waals surface area contributed by atoms with Gasteiger partial charge >= 0.3 is 0 Å². The molecule has 2 aliphatic rings. The number of aryl methyl sites for hydroxylation is 2. The van der Waals surface area contributed by atoms with Crippen LogP contribution in [0.2, 0.25) is 0 Å². The lowest BCUT2D eigenvalue weighted by molar-refractivity contribution is 0.0412. The maximum absolute atomic E-state index is 6.11. The quantitative estimate of drug-likeness (QED) is 0.772. The van der Waals surface area contributed by atoms with Gasteiger partial charge in [-0.15, -0.1) is 11.3 Å². The molecule has 0 N–H and O–H groups in total. The molecule has 0 spiro atoms. The minimum absolute atomic E-state index is 0.302. The summed E-state index contributed by atoms with van der Waals surface area (Å²) in [6, 6.07) is 0.302. The van der Waals surface area contributed by atoms with Crippen molar-refractivity contribution in [3.05, 3.63) is 33.5 Å². The Morgan fingerprint density at radius 1 is 1.33 bits per heavy atom. The first-order valence-corrected chi connectivity index (χ1v) is 9.89. The van der Waals surface area contributed by atoms with Gasteiger partial charge in [0.1, 0.15) is 0 Å². The molecule has 1 fully saturated rings. The zero-order valence-electron chi connectivity index (χ0n) is 14.6. The number of thiazole rings is 1. The van der Waals surface area contributed by atoms with Gasteiger partial charge in [-0.3, -0.25) is 9.58 Å². The van der Waals surface area contributed by atoms with Crippen molar-refractivity contribution in [2.45, 2.75) is 52.2 Å². The minimum atomic E-state index is 0.302. The van der Waals surface area contributed by atoms with E-state index in [4.69, 9.17) is 4.74 Å². The number of nitrogens with zero attached hydrogens (tertiary/aromatic N) is 4. The van der Waals surface area contributed by atoms with Gasteiger partial charge in [0, 0.05) is 31.1 Å². The van der Waals surface area contributed by atoms with Crippen molar-refractivity contribution in [3.63, 3.8) is 0 Å². The summed E-state index contributed by atoms with van der Waals surface area (Å²) in [5.74, 6) is 0.807. The Labute approximate surface area is 147 Å². The molecule has 0 aromatic carbocycles. The van der Waals surface area contributed by atoms with E-state index in [1.165, 1.54) is 29.0 Å². The van der Waals surface area contributed by atoms with Crippen molar-refractivity contribution in [1.82, 2.24) is 19.7 Å². The molecule has 2 aromatic heterocycles. The van der Waals surface area contributed by atoms with E-state index in [9.17, 15) is 0 Å². The van der Waals surface area contributed by atoms with Crippen LogP contribution in [0.25, 0.3) is 0 Å². The van der Waals surface area contributed by atoms with E-state index in [0.717, 1.165) is 50.9 Å². The Kier molecular flexibility index (Phi) is 4.70. The smallest absolute Gasteiger partial charge is 0.0798 e. The number of fused-ring (bicyclic) bond motifs is 1. The van der Waals surface area contributed by atoms with Crippen LogP contribution in [0.15, 0.2) is 11.7 Å². The van der Waals surface area contributed by atoms with Crippen LogP contribution in [0.5, 0.6) is 0 Å². The molecule has 1 aliphatic heterocycles. The third-order valence-corrected chi connectivity index (χ3v) is 6.12. The summed E-state index contributed by atoms with van der Waals surface area (Å²) in [7, 11) is 0. The van der Waals surface area contributed by atoms with E-state index in [2.05, 4.69) is 39.7 Å². The summed E-state index contributed by atoms with van der Waals surface area (Å²) < 4.78 is 8.27.